The van der Waals surface area contributed by atoms with Crippen LogP contribution in [0.15, 0.2) is 0 Å². The molecule has 78 valence electrons. The first-order valence-electron chi connectivity index (χ1n) is 5.37. The number of hydrogen-bond donors (Lipinski definition) is 1. The van der Waals surface area contributed by atoms with Crippen molar-refractivity contribution >= 4 is 0 Å². The molecule has 0 saturated carbocycles. The van der Waals surface area contributed by atoms with E-state index in [1.54, 1.807) is 0 Å². The van der Waals surface area contributed by atoms with Crippen LogP contribution < -0.4 is 0 Å². The maximum Gasteiger partial charge on any atom is 0.0614 e. The second-order valence-electron chi connectivity index (χ2n) is 4.70. The lowest BCUT2D eigenvalue weighted by Crippen LogP contribution is -2.36. The minimum absolute atomic E-state index is 0.137. The van der Waals surface area contributed by atoms with Crippen LogP contribution in [-0.2, 0) is 4.74 Å². The smallest absolute Gasteiger partial charge is 0.0614 e. The van der Waals surface area contributed by atoms with Crippen molar-refractivity contribution in [3.05, 3.63) is 0 Å². The molecule has 0 aromatic heterocycles. The summed E-state index contributed by atoms with van der Waals surface area (Å²) >= 11 is 0. The fourth-order valence-corrected chi connectivity index (χ4v) is 2.21. The molecule has 13 heavy (non-hydrogen) atoms. The fraction of sp³-hybridized carbons (Fsp3) is 1.00. The third-order valence-corrected chi connectivity index (χ3v) is 2.94. The van der Waals surface area contributed by atoms with Gasteiger partial charge in [0.1, 0.15) is 0 Å². The zero-order valence-corrected chi connectivity index (χ0v) is 8.99. The van der Waals surface area contributed by atoms with Gasteiger partial charge in [-0.1, -0.05) is 20.8 Å². The number of rotatable bonds is 3. The van der Waals surface area contributed by atoms with Gasteiger partial charge in [0.2, 0.25) is 0 Å². The average molecular weight is 186 g/mol. The monoisotopic (exact) mass is 186 g/mol. The molecule has 2 heteroatoms. The molecule has 1 fully saturated rings. The van der Waals surface area contributed by atoms with Gasteiger partial charge < -0.3 is 9.84 Å². The van der Waals surface area contributed by atoms with Crippen LogP contribution in [0.1, 0.15) is 33.6 Å². The first-order chi connectivity index (χ1) is 6.11. The Morgan fingerprint density at radius 3 is 2.62 bits per heavy atom. The van der Waals surface area contributed by atoms with Crippen molar-refractivity contribution in [3.63, 3.8) is 0 Å². The highest BCUT2D eigenvalue weighted by molar-refractivity contribution is 4.77. The molecule has 0 aromatic carbocycles. The fourth-order valence-electron chi connectivity index (χ4n) is 2.21. The molecule has 3 atom stereocenters. The summed E-state index contributed by atoms with van der Waals surface area (Å²) in [4.78, 5) is 0. The van der Waals surface area contributed by atoms with E-state index < -0.39 is 0 Å². The lowest BCUT2D eigenvalue weighted by molar-refractivity contribution is -0.0574. The van der Waals surface area contributed by atoms with Crippen LogP contribution >= 0.6 is 0 Å². The molecule has 0 amide bonds. The third kappa shape index (κ3) is 3.28. The number of aliphatic hydroxyl groups excluding tert-OH is 1. The van der Waals surface area contributed by atoms with Crippen molar-refractivity contribution in [1.29, 1.82) is 0 Å². The van der Waals surface area contributed by atoms with Gasteiger partial charge in [-0.15, -0.1) is 0 Å². The largest absolute Gasteiger partial charge is 0.393 e. The molecule has 1 N–H and O–H groups in total. The zero-order valence-electron chi connectivity index (χ0n) is 8.99. The lowest BCUT2D eigenvalue weighted by atomic mass is 9.82. The van der Waals surface area contributed by atoms with Gasteiger partial charge in [-0.2, -0.15) is 0 Å². The molecule has 1 aliphatic rings. The van der Waals surface area contributed by atoms with E-state index in [-0.39, 0.29) is 6.10 Å². The summed E-state index contributed by atoms with van der Waals surface area (Å²) in [5.41, 5.74) is 0. The SMILES string of the molecule is CC(C)CC(C)C1COCCC1O. The van der Waals surface area contributed by atoms with E-state index in [2.05, 4.69) is 20.8 Å². The van der Waals surface area contributed by atoms with Crippen LogP contribution in [-0.4, -0.2) is 24.4 Å². The minimum Gasteiger partial charge on any atom is -0.393 e. The highest BCUT2D eigenvalue weighted by atomic mass is 16.5. The summed E-state index contributed by atoms with van der Waals surface area (Å²) in [6, 6.07) is 0. The van der Waals surface area contributed by atoms with Crippen molar-refractivity contribution in [2.45, 2.75) is 39.7 Å². The highest BCUT2D eigenvalue weighted by Crippen LogP contribution is 2.27. The van der Waals surface area contributed by atoms with E-state index in [9.17, 15) is 5.11 Å². The number of aliphatic hydroxyl groups is 1. The molecule has 0 spiro atoms. The second-order valence-corrected chi connectivity index (χ2v) is 4.70. The Morgan fingerprint density at radius 2 is 2.08 bits per heavy atom. The Kier molecular flexibility index (Phi) is 4.20. The summed E-state index contributed by atoms with van der Waals surface area (Å²) in [7, 11) is 0. The predicted octanol–water partition coefficient (Wildman–Crippen LogP) is 2.07. The third-order valence-electron chi connectivity index (χ3n) is 2.94. The Hall–Kier alpha value is -0.0800. The van der Waals surface area contributed by atoms with Crippen molar-refractivity contribution in [3.8, 4) is 0 Å². The topological polar surface area (TPSA) is 29.5 Å². The lowest BCUT2D eigenvalue weighted by Gasteiger charge is -2.33. The molecular formula is C11H22O2. The number of ether oxygens (including phenoxy) is 1. The summed E-state index contributed by atoms with van der Waals surface area (Å²) < 4.78 is 5.40. The van der Waals surface area contributed by atoms with E-state index in [4.69, 9.17) is 4.74 Å². The van der Waals surface area contributed by atoms with Gasteiger partial charge in [0.15, 0.2) is 0 Å². The molecule has 0 aromatic rings. The van der Waals surface area contributed by atoms with E-state index in [0.29, 0.717) is 17.8 Å². The van der Waals surface area contributed by atoms with E-state index in [1.807, 2.05) is 0 Å². The standard InChI is InChI=1S/C11H22O2/c1-8(2)6-9(3)10-7-13-5-4-11(10)12/h8-12H,4-7H2,1-3H3. The van der Waals surface area contributed by atoms with Crippen molar-refractivity contribution in [1.82, 2.24) is 0 Å². The summed E-state index contributed by atoms with van der Waals surface area (Å²) in [6.45, 7) is 8.16. The van der Waals surface area contributed by atoms with Gasteiger partial charge in [0.25, 0.3) is 0 Å². The predicted molar refractivity (Wildman–Crippen MR) is 53.6 cm³/mol. The van der Waals surface area contributed by atoms with Gasteiger partial charge in [0, 0.05) is 12.5 Å². The van der Waals surface area contributed by atoms with Crippen LogP contribution in [0.2, 0.25) is 0 Å². The van der Waals surface area contributed by atoms with Crippen LogP contribution in [0, 0.1) is 17.8 Å². The molecule has 1 aliphatic heterocycles. The van der Waals surface area contributed by atoms with Crippen molar-refractivity contribution in [2.75, 3.05) is 13.2 Å². The summed E-state index contributed by atoms with van der Waals surface area (Å²) in [6.07, 6.45) is 1.86. The normalized spacial score (nSPS) is 32.1. The quantitative estimate of drug-likeness (QED) is 0.731. The molecule has 0 bridgehead atoms. The molecule has 1 saturated heterocycles. The van der Waals surface area contributed by atoms with E-state index in [0.717, 1.165) is 19.6 Å². The van der Waals surface area contributed by atoms with Gasteiger partial charge >= 0.3 is 0 Å². The van der Waals surface area contributed by atoms with Gasteiger partial charge in [0.05, 0.1) is 12.7 Å². The van der Waals surface area contributed by atoms with Crippen molar-refractivity contribution in [2.24, 2.45) is 17.8 Å². The Morgan fingerprint density at radius 1 is 1.38 bits per heavy atom. The van der Waals surface area contributed by atoms with E-state index >= 15 is 0 Å². The molecule has 2 nitrogen and oxygen atoms in total. The first kappa shape index (κ1) is 11.0. The molecule has 0 aliphatic carbocycles. The highest BCUT2D eigenvalue weighted by Gasteiger charge is 2.28. The Balaban J connectivity index is 2.39. The van der Waals surface area contributed by atoms with Crippen LogP contribution in [0.3, 0.4) is 0 Å². The maximum atomic E-state index is 9.77. The first-order valence-corrected chi connectivity index (χ1v) is 5.37. The van der Waals surface area contributed by atoms with Crippen LogP contribution in [0.5, 0.6) is 0 Å². The molecular weight excluding hydrogens is 164 g/mol. The molecule has 1 heterocycles. The van der Waals surface area contributed by atoms with Gasteiger partial charge in [-0.3, -0.25) is 0 Å². The zero-order chi connectivity index (χ0) is 9.84. The van der Waals surface area contributed by atoms with Gasteiger partial charge in [-0.05, 0) is 24.7 Å². The number of hydrogen-bond acceptors (Lipinski definition) is 2. The molecule has 1 rings (SSSR count). The molecule has 0 radical (unpaired) electrons. The van der Waals surface area contributed by atoms with Crippen molar-refractivity contribution < 1.29 is 9.84 Å². The van der Waals surface area contributed by atoms with Gasteiger partial charge in [-0.25, -0.2) is 0 Å². The minimum atomic E-state index is -0.137. The summed E-state index contributed by atoms with van der Waals surface area (Å²) in [5.74, 6) is 1.65. The average Bonchev–Trinajstić information content (AvgIpc) is 2.03. The molecule has 3 unspecified atom stereocenters. The summed E-state index contributed by atoms with van der Waals surface area (Å²) in [5, 5.41) is 9.77. The Bertz CT molecular complexity index is 145. The Labute approximate surface area is 81.3 Å². The van der Waals surface area contributed by atoms with E-state index in [1.165, 1.54) is 6.42 Å². The van der Waals surface area contributed by atoms with Crippen LogP contribution in [0.25, 0.3) is 0 Å². The van der Waals surface area contributed by atoms with Crippen LogP contribution in [0.4, 0.5) is 0 Å². The second kappa shape index (κ2) is 4.97. The maximum absolute atomic E-state index is 9.77.